The van der Waals surface area contributed by atoms with Crippen LogP contribution in [0.2, 0.25) is 0 Å². The van der Waals surface area contributed by atoms with Crippen LogP contribution in [0.4, 0.5) is 0 Å². The van der Waals surface area contributed by atoms with Crippen molar-refractivity contribution in [2.75, 3.05) is 66.6 Å². The zero-order valence-electron chi connectivity index (χ0n) is 15.1. The van der Waals surface area contributed by atoms with Gasteiger partial charge in [0.05, 0.1) is 13.2 Å². The molecule has 1 aliphatic rings. The molecule has 0 saturated carbocycles. The fourth-order valence-electron chi connectivity index (χ4n) is 2.55. The highest BCUT2D eigenvalue weighted by Crippen LogP contribution is 2.05. The lowest BCUT2D eigenvalue weighted by molar-refractivity contribution is 0.0383. The Balaban J connectivity index is 1.80. The largest absolute Gasteiger partial charge is 0.379 e. The number of likely N-dealkylation sites (N-methyl/N-ethyl adjacent to an activating group) is 1. The molecule has 1 heterocycles. The van der Waals surface area contributed by atoms with E-state index in [4.69, 9.17) is 4.74 Å². The molecule has 1 aromatic rings. The first-order chi connectivity index (χ1) is 12.1. The molecule has 0 atom stereocenters. The SMILES string of the molecule is CN(C)CCNC(=O)c1cccc(C(=O)NCCN2CCOCC2)c1. The summed E-state index contributed by atoms with van der Waals surface area (Å²) in [6.07, 6.45) is 0. The maximum atomic E-state index is 12.3. The van der Waals surface area contributed by atoms with Crippen LogP contribution in [0.25, 0.3) is 0 Å². The minimum absolute atomic E-state index is 0.156. The lowest BCUT2D eigenvalue weighted by Crippen LogP contribution is -2.41. The molecule has 0 radical (unpaired) electrons. The van der Waals surface area contributed by atoms with Gasteiger partial charge in [-0.3, -0.25) is 14.5 Å². The first kappa shape index (κ1) is 19.4. The summed E-state index contributed by atoms with van der Waals surface area (Å²) in [5.74, 6) is -0.319. The third kappa shape index (κ3) is 6.81. The van der Waals surface area contributed by atoms with Crippen LogP contribution in [-0.2, 0) is 4.74 Å². The predicted molar refractivity (Wildman–Crippen MR) is 96.9 cm³/mol. The molecule has 1 saturated heterocycles. The first-order valence-electron chi connectivity index (χ1n) is 8.67. The molecule has 1 fully saturated rings. The highest BCUT2D eigenvalue weighted by Gasteiger charge is 2.12. The summed E-state index contributed by atoms with van der Waals surface area (Å²) < 4.78 is 5.30. The van der Waals surface area contributed by atoms with E-state index < -0.39 is 0 Å². The monoisotopic (exact) mass is 348 g/mol. The molecule has 25 heavy (non-hydrogen) atoms. The van der Waals surface area contributed by atoms with Crippen LogP contribution in [0.3, 0.4) is 0 Å². The van der Waals surface area contributed by atoms with Gasteiger partial charge < -0.3 is 20.3 Å². The molecule has 138 valence electrons. The Hall–Kier alpha value is -1.96. The quantitative estimate of drug-likeness (QED) is 0.694. The maximum absolute atomic E-state index is 12.3. The Kier molecular flexibility index (Phi) is 7.84. The second-order valence-corrected chi connectivity index (χ2v) is 6.35. The van der Waals surface area contributed by atoms with Gasteiger partial charge in [0.1, 0.15) is 0 Å². The summed E-state index contributed by atoms with van der Waals surface area (Å²) in [6, 6.07) is 6.81. The molecule has 2 amide bonds. The predicted octanol–water partition coefficient (Wildman–Crippen LogP) is 0.0400. The van der Waals surface area contributed by atoms with Gasteiger partial charge in [-0.1, -0.05) is 6.07 Å². The molecule has 0 aromatic heterocycles. The normalized spacial score (nSPS) is 15.2. The number of nitrogens with zero attached hydrogens (tertiary/aromatic N) is 2. The van der Waals surface area contributed by atoms with Crippen molar-refractivity contribution >= 4 is 11.8 Å². The van der Waals surface area contributed by atoms with Crippen LogP contribution in [0.15, 0.2) is 24.3 Å². The summed E-state index contributed by atoms with van der Waals surface area (Å²) in [6.45, 7) is 6.03. The van der Waals surface area contributed by atoms with E-state index in [1.165, 1.54) is 0 Å². The van der Waals surface area contributed by atoms with Gasteiger partial charge in [0.15, 0.2) is 0 Å². The number of ether oxygens (including phenoxy) is 1. The maximum Gasteiger partial charge on any atom is 0.251 e. The second kappa shape index (κ2) is 10.1. The summed E-state index contributed by atoms with van der Waals surface area (Å²) in [7, 11) is 3.90. The summed E-state index contributed by atoms with van der Waals surface area (Å²) in [4.78, 5) is 28.7. The number of hydrogen-bond acceptors (Lipinski definition) is 5. The molecule has 1 aliphatic heterocycles. The van der Waals surface area contributed by atoms with Crippen molar-refractivity contribution in [2.45, 2.75) is 0 Å². The summed E-state index contributed by atoms with van der Waals surface area (Å²) in [5.41, 5.74) is 1.00. The van der Waals surface area contributed by atoms with E-state index in [0.29, 0.717) is 24.2 Å². The van der Waals surface area contributed by atoms with Crippen molar-refractivity contribution in [3.8, 4) is 0 Å². The number of benzene rings is 1. The molecule has 0 spiro atoms. The average molecular weight is 348 g/mol. The molecule has 0 aliphatic carbocycles. The summed E-state index contributed by atoms with van der Waals surface area (Å²) >= 11 is 0. The zero-order chi connectivity index (χ0) is 18.1. The first-order valence-corrected chi connectivity index (χ1v) is 8.67. The van der Waals surface area contributed by atoms with Gasteiger partial charge >= 0.3 is 0 Å². The number of hydrogen-bond donors (Lipinski definition) is 2. The number of nitrogens with one attached hydrogen (secondary N) is 2. The van der Waals surface area contributed by atoms with Crippen LogP contribution in [0, 0.1) is 0 Å². The minimum Gasteiger partial charge on any atom is -0.379 e. The third-order valence-electron chi connectivity index (χ3n) is 4.05. The van der Waals surface area contributed by atoms with Gasteiger partial charge in [-0.15, -0.1) is 0 Å². The van der Waals surface area contributed by atoms with Gasteiger partial charge in [-0.05, 0) is 32.3 Å². The molecule has 1 aromatic carbocycles. The molecule has 0 bridgehead atoms. The Morgan fingerprint density at radius 2 is 1.68 bits per heavy atom. The van der Waals surface area contributed by atoms with E-state index >= 15 is 0 Å². The smallest absolute Gasteiger partial charge is 0.251 e. The van der Waals surface area contributed by atoms with Crippen LogP contribution >= 0.6 is 0 Å². The molecular formula is C18H28N4O3. The Morgan fingerprint density at radius 3 is 2.28 bits per heavy atom. The number of amides is 2. The average Bonchev–Trinajstić information content (AvgIpc) is 2.62. The minimum atomic E-state index is -0.162. The van der Waals surface area contributed by atoms with Crippen molar-refractivity contribution in [3.63, 3.8) is 0 Å². The number of rotatable bonds is 8. The Labute approximate surface area is 149 Å². The van der Waals surface area contributed by atoms with E-state index in [0.717, 1.165) is 39.4 Å². The van der Waals surface area contributed by atoms with Crippen LogP contribution < -0.4 is 10.6 Å². The van der Waals surface area contributed by atoms with Crippen molar-refractivity contribution in [1.29, 1.82) is 0 Å². The lowest BCUT2D eigenvalue weighted by Gasteiger charge is -2.26. The molecule has 2 N–H and O–H groups in total. The van der Waals surface area contributed by atoms with Crippen molar-refractivity contribution in [2.24, 2.45) is 0 Å². The van der Waals surface area contributed by atoms with E-state index in [1.807, 2.05) is 19.0 Å². The Morgan fingerprint density at radius 1 is 1.08 bits per heavy atom. The summed E-state index contributed by atoms with van der Waals surface area (Å²) in [5, 5.41) is 5.76. The molecule has 7 nitrogen and oxygen atoms in total. The molecule has 7 heteroatoms. The van der Waals surface area contributed by atoms with Gasteiger partial charge in [-0.2, -0.15) is 0 Å². The highest BCUT2D eigenvalue weighted by atomic mass is 16.5. The fourth-order valence-corrected chi connectivity index (χ4v) is 2.55. The number of morpholine rings is 1. The van der Waals surface area contributed by atoms with Crippen molar-refractivity contribution in [3.05, 3.63) is 35.4 Å². The Bertz CT molecular complexity index is 571. The van der Waals surface area contributed by atoms with Gasteiger partial charge in [0.2, 0.25) is 0 Å². The number of carbonyl (C=O) groups excluding carboxylic acids is 2. The van der Waals surface area contributed by atoms with Gasteiger partial charge in [-0.25, -0.2) is 0 Å². The molecular weight excluding hydrogens is 320 g/mol. The van der Waals surface area contributed by atoms with Crippen molar-refractivity contribution in [1.82, 2.24) is 20.4 Å². The van der Waals surface area contributed by atoms with Gasteiger partial charge in [0.25, 0.3) is 11.8 Å². The van der Waals surface area contributed by atoms with Crippen LogP contribution in [-0.4, -0.2) is 88.2 Å². The van der Waals surface area contributed by atoms with Crippen LogP contribution in [0.1, 0.15) is 20.7 Å². The van der Waals surface area contributed by atoms with E-state index in [1.54, 1.807) is 24.3 Å². The highest BCUT2D eigenvalue weighted by molar-refractivity contribution is 5.99. The zero-order valence-corrected chi connectivity index (χ0v) is 15.1. The van der Waals surface area contributed by atoms with Crippen LogP contribution in [0.5, 0.6) is 0 Å². The molecule has 2 rings (SSSR count). The number of carbonyl (C=O) groups is 2. The second-order valence-electron chi connectivity index (χ2n) is 6.35. The third-order valence-corrected chi connectivity index (χ3v) is 4.05. The molecule has 0 unspecified atom stereocenters. The van der Waals surface area contributed by atoms with Crippen molar-refractivity contribution < 1.29 is 14.3 Å². The lowest BCUT2D eigenvalue weighted by atomic mass is 10.1. The van der Waals surface area contributed by atoms with E-state index in [9.17, 15) is 9.59 Å². The van der Waals surface area contributed by atoms with E-state index in [2.05, 4.69) is 15.5 Å². The fraction of sp³-hybridized carbons (Fsp3) is 0.556. The van der Waals surface area contributed by atoms with E-state index in [-0.39, 0.29) is 11.8 Å². The standard InChI is InChI=1S/C18H28N4O3/c1-21(2)8-6-19-17(23)15-4-3-5-16(14-15)18(24)20-7-9-22-10-12-25-13-11-22/h3-5,14H,6-13H2,1-2H3,(H,19,23)(H,20,24). The topological polar surface area (TPSA) is 73.9 Å². The van der Waals surface area contributed by atoms with Gasteiger partial charge in [0, 0.05) is 50.4 Å².